The normalized spacial score (nSPS) is 17.8. The number of likely N-dealkylation sites (tertiary alicyclic amines) is 1. The topological polar surface area (TPSA) is 29.5 Å². The van der Waals surface area contributed by atoms with Crippen LogP contribution in [0.15, 0.2) is 48.5 Å². The standard InChI is InChI=1S/C23H29N2O2/c1-4-25(2,3)17-13-15-24(16-14-17)23(26)22-18-9-5-7-11-20(18)27-21-12-8-6-10-19(21)22/h5-12,17,22H,4,13-16H2,1-3H3/q+1. The maximum absolute atomic E-state index is 13.6. The van der Waals surface area contributed by atoms with Gasteiger partial charge in [-0.15, -0.1) is 0 Å². The van der Waals surface area contributed by atoms with Crippen molar-refractivity contribution in [2.45, 2.75) is 31.7 Å². The lowest BCUT2D eigenvalue weighted by molar-refractivity contribution is -0.914. The van der Waals surface area contributed by atoms with Gasteiger partial charge in [0.2, 0.25) is 5.91 Å². The Kier molecular flexibility index (Phi) is 4.68. The molecule has 2 aromatic carbocycles. The molecule has 2 heterocycles. The Hall–Kier alpha value is -2.33. The highest BCUT2D eigenvalue weighted by atomic mass is 16.5. The highest BCUT2D eigenvalue weighted by Crippen LogP contribution is 2.44. The average molecular weight is 365 g/mol. The first-order valence-corrected chi connectivity index (χ1v) is 9.98. The first-order chi connectivity index (χ1) is 13.0. The fourth-order valence-corrected chi connectivity index (χ4v) is 4.40. The van der Waals surface area contributed by atoms with Crippen LogP contribution in [-0.2, 0) is 4.79 Å². The van der Waals surface area contributed by atoms with Crippen LogP contribution >= 0.6 is 0 Å². The predicted molar refractivity (Wildman–Crippen MR) is 107 cm³/mol. The van der Waals surface area contributed by atoms with Crippen LogP contribution in [0.3, 0.4) is 0 Å². The first-order valence-electron chi connectivity index (χ1n) is 9.98. The zero-order valence-corrected chi connectivity index (χ0v) is 16.5. The van der Waals surface area contributed by atoms with Crippen LogP contribution in [0.5, 0.6) is 11.5 Å². The first kappa shape index (κ1) is 18.1. The Balaban J connectivity index is 1.60. The van der Waals surface area contributed by atoms with Crippen LogP contribution < -0.4 is 4.74 Å². The Labute approximate surface area is 161 Å². The van der Waals surface area contributed by atoms with Crippen molar-refractivity contribution in [2.75, 3.05) is 33.7 Å². The molecule has 4 nitrogen and oxygen atoms in total. The Bertz CT molecular complexity index is 792. The Morgan fingerprint density at radius 2 is 1.52 bits per heavy atom. The number of nitrogens with zero attached hydrogens (tertiary/aromatic N) is 2. The summed E-state index contributed by atoms with van der Waals surface area (Å²) in [6, 6.07) is 16.5. The van der Waals surface area contributed by atoms with Gasteiger partial charge in [-0.2, -0.15) is 0 Å². The fraction of sp³-hybridized carbons (Fsp3) is 0.435. The number of fused-ring (bicyclic) bond motifs is 2. The van der Waals surface area contributed by atoms with Crippen LogP contribution in [0.1, 0.15) is 36.8 Å². The minimum absolute atomic E-state index is 0.207. The lowest BCUT2D eigenvalue weighted by Gasteiger charge is -2.43. The maximum atomic E-state index is 13.6. The molecule has 0 saturated carbocycles. The molecule has 27 heavy (non-hydrogen) atoms. The van der Waals surface area contributed by atoms with Gasteiger partial charge in [-0.25, -0.2) is 0 Å². The molecule has 142 valence electrons. The molecule has 0 bridgehead atoms. The number of hydrogen-bond acceptors (Lipinski definition) is 2. The largest absolute Gasteiger partial charge is 0.457 e. The summed E-state index contributed by atoms with van der Waals surface area (Å²) in [6.45, 7) is 5.05. The zero-order chi connectivity index (χ0) is 19.0. The molecular weight excluding hydrogens is 336 g/mol. The third kappa shape index (κ3) is 3.23. The van der Waals surface area contributed by atoms with Gasteiger partial charge in [0.25, 0.3) is 0 Å². The molecule has 1 amide bonds. The van der Waals surface area contributed by atoms with E-state index in [-0.39, 0.29) is 11.8 Å². The van der Waals surface area contributed by atoms with Crippen LogP contribution in [-0.4, -0.2) is 55.1 Å². The maximum Gasteiger partial charge on any atom is 0.234 e. The molecule has 2 aliphatic heterocycles. The van der Waals surface area contributed by atoms with E-state index in [0.29, 0.717) is 6.04 Å². The molecular formula is C23H29N2O2+. The number of amides is 1. The molecule has 0 atom stereocenters. The molecule has 0 spiro atoms. The molecule has 0 aliphatic carbocycles. The number of quaternary nitrogens is 1. The van der Waals surface area contributed by atoms with Gasteiger partial charge in [-0.05, 0) is 19.1 Å². The number of carbonyl (C=O) groups excluding carboxylic acids is 1. The minimum atomic E-state index is -0.267. The number of benzene rings is 2. The van der Waals surface area contributed by atoms with Crippen molar-refractivity contribution >= 4 is 5.91 Å². The minimum Gasteiger partial charge on any atom is -0.457 e. The molecule has 0 N–H and O–H groups in total. The summed E-state index contributed by atoms with van der Waals surface area (Å²) in [5.41, 5.74) is 1.96. The molecule has 2 aliphatic rings. The Morgan fingerprint density at radius 1 is 1.00 bits per heavy atom. The summed E-state index contributed by atoms with van der Waals surface area (Å²) in [5.74, 6) is 1.54. The van der Waals surface area contributed by atoms with Gasteiger partial charge in [0, 0.05) is 37.1 Å². The van der Waals surface area contributed by atoms with Crippen molar-refractivity contribution in [2.24, 2.45) is 0 Å². The van der Waals surface area contributed by atoms with E-state index in [1.807, 2.05) is 48.5 Å². The molecule has 1 saturated heterocycles. The number of hydrogen-bond donors (Lipinski definition) is 0. The predicted octanol–water partition coefficient (Wildman–Crippen LogP) is 4.01. The summed E-state index contributed by atoms with van der Waals surface area (Å²) in [6.07, 6.45) is 2.14. The number of rotatable bonds is 3. The van der Waals surface area contributed by atoms with Crippen LogP contribution in [0, 0.1) is 0 Å². The summed E-state index contributed by atoms with van der Waals surface area (Å²) in [5, 5.41) is 0. The van der Waals surface area contributed by atoms with Crippen molar-refractivity contribution < 1.29 is 14.0 Å². The van der Waals surface area contributed by atoms with Gasteiger partial charge in [0.15, 0.2) is 0 Å². The molecule has 0 radical (unpaired) electrons. The quantitative estimate of drug-likeness (QED) is 0.769. The summed E-state index contributed by atoms with van der Waals surface area (Å²) in [7, 11) is 4.60. The average Bonchev–Trinajstić information content (AvgIpc) is 2.71. The van der Waals surface area contributed by atoms with Crippen LogP contribution in [0.2, 0.25) is 0 Å². The lowest BCUT2D eigenvalue weighted by atomic mass is 9.86. The van der Waals surface area contributed by atoms with Crippen molar-refractivity contribution in [3.8, 4) is 11.5 Å². The monoisotopic (exact) mass is 365 g/mol. The molecule has 0 aromatic heterocycles. The van der Waals surface area contributed by atoms with Gasteiger partial charge in [0.05, 0.1) is 32.6 Å². The number of ether oxygens (including phenoxy) is 1. The summed E-state index contributed by atoms with van der Waals surface area (Å²) >= 11 is 0. The van der Waals surface area contributed by atoms with E-state index in [4.69, 9.17) is 4.74 Å². The van der Waals surface area contributed by atoms with Crippen LogP contribution in [0.4, 0.5) is 0 Å². The van der Waals surface area contributed by atoms with Gasteiger partial charge >= 0.3 is 0 Å². The zero-order valence-electron chi connectivity index (χ0n) is 16.5. The van der Waals surface area contributed by atoms with Gasteiger partial charge < -0.3 is 14.1 Å². The molecule has 4 heteroatoms. The third-order valence-corrected chi connectivity index (χ3v) is 6.51. The van der Waals surface area contributed by atoms with E-state index in [1.54, 1.807) is 0 Å². The van der Waals surface area contributed by atoms with Crippen LogP contribution in [0.25, 0.3) is 0 Å². The number of para-hydroxylation sites is 2. The molecule has 2 aromatic rings. The third-order valence-electron chi connectivity index (χ3n) is 6.51. The van der Waals surface area contributed by atoms with Gasteiger partial charge in [0.1, 0.15) is 11.5 Å². The van der Waals surface area contributed by atoms with Gasteiger partial charge in [-0.3, -0.25) is 4.79 Å². The van der Waals surface area contributed by atoms with E-state index >= 15 is 0 Å². The molecule has 0 unspecified atom stereocenters. The fourth-order valence-electron chi connectivity index (χ4n) is 4.40. The summed E-state index contributed by atoms with van der Waals surface area (Å²) < 4.78 is 7.08. The highest BCUT2D eigenvalue weighted by molar-refractivity contribution is 5.89. The van der Waals surface area contributed by atoms with E-state index in [0.717, 1.165) is 59.6 Å². The second-order valence-electron chi connectivity index (χ2n) is 8.26. The van der Waals surface area contributed by atoms with Crippen molar-refractivity contribution in [3.63, 3.8) is 0 Å². The van der Waals surface area contributed by atoms with E-state index in [1.165, 1.54) is 0 Å². The smallest absolute Gasteiger partial charge is 0.234 e. The van der Waals surface area contributed by atoms with E-state index in [9.17, 15) is 4.79 Å². The van der Waals surface area contributed by atoms with Crippen molar-refractivity contribution in [1.29, 1.82) is 0 Å². The SMILES string of the molecule is CC[N+](C)(C)C1CCN(C(=O)C2c3ccccc3Oc3ccccc32)CC1. The molecule has 4 rings (SSSR count). The van der Waals surface area contributed by atoms with Crippen molar-refractivity contribution in [1.82, 2.24) is 4.90 Å². The van der Waals surface area contributed by atoms with Crippen molar-refractivity contribution in [3.05, 3.63) is 59.7 Å². The highest BCUT2D eigenvalue weighted by Gasteiger charge is 2.38. The summed E-state index contributed by atoms with van der Waals surface area (Å²) in [4.78, 5) is 15.6. The van der Waals surface area contributed by atoms with E-state index < -0.39 is 0 Å². The Morgan fingerprint density at radius 3 is 2.04 bits per heavy atom. The lowest BCUT2D eigenvalue weighted by Crippen LogP contribution is -2.54. The molecule has 1 fully saturated rings. The van der Waals surface area contributed by atoms with E-state index in [2.05, 4.69) is 25.9 Å². The number of piperidine rings is 1. The second-order valence-corrected chi connectivity index (χ2v) is 8.26. The number of carbonyl (C=O) groups is 1. The second kappa shape index (κ2) is 7.01. The van der Waals surface area contributed by atoms with Gasteiger partial charge in [-0.1, -0.05) is 36.4 Å².